The van der Waals surface area contributed by atoms with Crippen LogP contribution in [0.15, 0.2) is 54.6 Å². The molecular formula is C25H33NO6. The van der Waals surface area contributed by atoms with E-state index in [1.807, 2.05) is 54.6 Å². The number of carbonyl (C=O) groups is 1. The van der Waals surface area contributed by atoms with E-state index in [1.54, 1.807) is 6.92 Å². The van der Waals surface area contributed by atoms with E-state index in [0.29, 0.717) is 77.2 Å². The van der Waals surface area contributed by atoms with E-state index in [0.717, 1.165) is 5.56 Å². The summed E-state index contributed by atoms with van der Waals surface area (Å²) in [6.45, 7) is 6.70. The first kappa shape index (κ1) is 24.0. The molecule has 0 spiro atoms. The molecule has 0 radical (unpaired) electrons. The highest BCUT2D eigenvalue weighted by molar-refractivity contribution is 5.69. The molecule has 2 aromatic rings. The first-order valence-corrected chi connectivity index (χ1v) is 11.2. The van der Waals surface area contributed by atoms with E-state index >= 15 is 0 Å². The molecule has 174 valence electrons. The smallest absolute Gasteiger partial charge is 0.306 e. The van der Waals surface area contributed by atoms with Gasteiger partial charge in [0.25, 0.3) is 0 Å². The van der Waals surface area contributed by atoms with Crippen LogP contribution < -0.4 is 9.47 Å². The Morgan fingerprint density at radius 2 is 1.41 bits per heavy atom. The summed E-state index contributed by atoms with van der Waals surface area (Å²) in [4.78, 5) is 14.2. The Kier molecular flexibility index (Phi) is 10.3. The molecule has 3 rings (SSSR count). The highest BCUT2D eigenvalue weighted by atomic mass is 16.6. The molecule has 0 saturated heterocycles. The van der Waals surface area contributed by atoms with E-state index in [2.05, 4.69) is 4.90 Å². The van der Waals surface area contributed by atoms with Crippen LogP contribution in [0.25, 0.3) is 0 Å². The minimum atomic E-state index is -0.341. The number of ether oxygens (including phenoxy) is 5. The highest BCUT2D eigenvalue weighted by Gasteiger charge is 2.20. The fourth-order valence-corrected chi connectivity index (χ4v) is 3.35. The first-order chi connectivity index (χ1) is 15.8. The fourth-order valence-electron chi connectivity index (χ4n) is 3.35. The van der Waals surface area contributed by atoms with Gasteiger partial charge in [-0.3, -0.25) is 9.69 Å². The molecule has 1 heterocycles. The van der Waals surface area contributed by atoms with Crippen molar-refractivity contribution in [2.45, 2.75) is 19.4 Å². The topological polar surface area (TPSA) is 66.5 Å². The number of nitrogens with zero attached hydrogens (tertiary/aromatic N) is 1. The van der Waals surface area contributed by atoms with Crippen LogP contribution in [0.1, 0.15) is 25.0 Å². The van der Waals surface area contributed by atoms with Gasteiger partial charge in [0.1, 0.15) is 19.3 Å². The van der Waals surface area contributed by atoms with Crippen molar-refractivity contribution in [3.05, 3.63) is 60.2 Å². The fraction of sp³-hybridized carbons (Fsp3) is 0.480. The molecule has 0 bridgehead atoms. The molecule has 0 amide bonds. The average molecular weight is 444 g/mol. The van der Waals surface area contributed by atoms with Gasteiger partial charge in [-0.15, -0.1) is 0 Å². The molecule has 7 nitrogen and oxygen atoms in total. The number of carbonyl (C=O) groups excluding carboxylic acids is 1. The molecule has 0 aromatic heterocycles. The van der Waals surface area contributed by atoms with Crippen LogP contribution in [0.3, 0.4) is 0 Å². The predicted molar refractivity (Wildman–Crippen MR) is 121 cm³/mol. The molecular weight excluding hydrogens is 410 g/mol. The maximum atomic E-state index is 12.0. The van der Waals surface area contributed by atoms with E-state index < -0.39 is 0 Å². The van der Waals surface area contributed by atoms with Crippen molar-refractivity contribution in [2.75, 3.05) is 59.3 Å². The van der Waals surface area contributed by atoms with Crippen molar-refractivity contribution < 1.29 is 28.5 Å². The second-order valence-electron chi connectivity index (χ2n) is 7.41. The third kappa shape index (κ3) is 8.15. The highest BCUT2D eigenvalue weighted by Crippen LogP contribution is 2.26. The SMILES string of the molecule is CCC(=O)O[C@H](CN1CCOCCOc2ccccc2OCCOCC1)c1ccccc1. The van der Waals surface area contributed by atoms with Crippen LogP contribution in [0.4, 0.5) is 0 Å². The Morgan fingerprint density at radius 3 is 1.97 bits per heavy atom. The average Bonchev–Trinajstić information content (AvgIpc) is 2.84. The zero-order chi connectivity index (χ0) is 22.4. The van der Waals surface area contributed by atoms with Crippen molar-refractivity contribution in [2.24, 2.45) is 0 Å². The van der Waals surface area contributed by atoms with Gasteiger partial charge >= 0.3 is 5.97 Å². The summed E-state index contributed by atoms with van der Waals surface area (Å²) in [7, 11) is 0. The third-order valence-electron chi connectivity index (χ3n) is 5.08. The van der Waals surface area contributed by atoms with Crippen molar-refractivity contribution in [1.29, 1.82) is 0 Å². The number of hydrogen-bond acceptors (Lipinski definition) is 7. The van der Waals surface area contributed by atoms with E-state index in [1.165, 1.54) is 0 Å². The summed E-state index contributed by atoms with van der Waals surface area (Å²) in [6, 6.07) is 17.4. The van der Waals surface area contributed by atoms with E-state index in [-0.39, 0.29) is 12.1 Å². The number of esters is 1. The van der Waals surface area contributed by atoms with Crippen molar-refractivity contribution in [3.8, 4) is 11.5 Å². The Bertz CT molecular complexity index is 765. The second kappa shape index (κ2) is 13.7. The van der Waals surface area contributed by atoms with Gasteiger partial charge < -0.3 is 23.7 Å². The predicted octanol–water partition coefficient (Wildman–Crippen LogP) is 3.49. The second-order valence-corrected chi connectivity index (χ2v) is 7.41. The monoisotopic (exact) mass is 443 g/mol. The lowest BCUT2D eigenvalue weighted by Crippen LogP contribution is -2.36. The summed E-state index contributed by atoms with van der Waals surface area (Å²) in [5, 5.41) is 0. The van der Waals surface area contributed by atoms with Gasteiger partial charge in [0.15, 0.2) is 11.5 Å². The minimum absolute atomic E-state index is 0.210. The molecule has 2 aromatic carbocycles. The van der Waals surface area contributed by atoms with Crippen LogP contribution in [0, 0.1) is 0 Å². The van der Waals surface area contributed by atoms with Crippen LogP contribution in [-0.2, 0) is 19.0 Å². The molecule has 0 saturated carbocycles. The van der Waals surface area contributed by atoms with Gasteiger partial charge in [0.05, 0.1) is 26.4 Å². The number of fused-ring (bicyclic) bond motifs is 1. The van der Waals surface area contributed by atoms with Gasteiger partial charge in [-0.25, -0.2) is 0 Å². The summed E-state index contributed by atoms with van der Waals surface area (Å²) in [6.07, 6.45) is 0.00435. The van der Waals surface area contributed by atoms with Crippen LogP contribution >= 0.6 is 0 Å². The molecule has 32 heavy (non-hydrogen) atoms. The molecule has 7 heteroatoms. The summed E-state index contributed by atoms with van der Waals surface area (Å²) < 4.78 is 28.9. The quantitative estimate of drug-likeness (QED) is 0.656. The van der Waals surface area contributed by atoms with Crippen LogP contribution in [-0.4, -0.2) is 70.1 Å². The summed E-state index contributed by atoms with van der Waals surface area (Å²) in [5.41, 5.74) is 0.978. The van der Waals surface area contributed by atoms with Gasteiger partial charge in [0, 0.05) is 26.1 Å². The van der Waals surface area contributed by atoms with Crippen molar-refractivity contribution >= 4 is 5.97 Å². The molecule has 0 N–H and O–H groups in total. The normalized spacial score (nSPS) is 17.5. The number of para-hydroxylation sites is 2. The van der Waals surface area contributed by atoms with Gasteiger partial charge in [-0.05, 0) is 17.7 Å². The van der Waals surface area contributed by atoms with Crippen LogP contribution in [0.5, 0.6) is 11.5 Å². The Morgan fingerprint density at radius 1 is 0.844 bits per heavy atom. The summed E-state index contributed by atoms with van der Waals surface area (Å²) >= 11 is 0. The molecule has 0 aliphatic carbocycles. The zero-order valence-corrected chi connectivity index (χ0v) is 18.7. The van der Waals surface area contributed by atoms with E-state index in [4.69, 9.17) is 23.7 Å². The third-order valence-corrected chi connectivity index (χ3v) is 5.08. The molecule has 0 unspecified atom stereocenters. The maximum Gasteiger partial charge on any atom is 0.306 e. The Labute approximate surface area is 190 Å². The standard InChI is InChI=1S/C25H33NO6/c1-2-25(27)32-24(21-8-4-3-5-9-21)20-26-12-14-28-16-18-30-22-10-6-7-11-23(22)31-19-17-29-15-13-26/h3-11,24H,2,12-20H2,1H3/t24-/m1/s1. The van der Waals surface area contributed by atoms with Gasteiger partial charge in [0.2, 0.25) is 0 Å². The van der Waals surface area contributed by atoms with Crippen LogP contribution in [0.2, 0.25) is 0 Å². The largest absolute Gasteiger partial charge is 0.487 e. The van der Waals surface area contributed by atoms with Gasteiger partial charge in [-0.2, -0.15) is 0 Å². The number of benzene rings is 2. The lowest BCUT2D eigenvalue weighted by molar-refractivity contribution is -0.150. The maximum absolute atomic E-state index is 12.0. The Balaban J connectivity index is 1.59. The number of rotatable bonds is 5. The molecule has 1 atom stereocenters. The summed E-state index contributed by atoms with van der Waals surface area (Å²) in [5.74, 6) is 1.20. The molecule has 0 fully saturated rings. The lowest BCUT2D eigenvalue weighted by Gasteiger charge is -2.27. The van der Waals surface area contributed by atoms with Crippen molar-refractivity contribution in [1.82, 2.24) is 4.90 Å². The lowest BCUT2D eigenvalue weighted by atomic mass is 10.1. The molecule has 1 aliphatic heterocycles. The van der Waals surface area contributed by atoms with E-state index in [9.17, 15) is 4.79 Å². The van der Waals surface area contributed by atoms with Gasteiger partial charge in [-0.1, -0.05) is 49.4 Å². The van der Waals surface area contributed by atoms with Crippen molar-refractivity contribution in [3.63, 3.8) is 0 Å². The molecule has 1 aliphatic rings. The minimum Gasteiger partial charge on any atom is -0.487 e. The Hall–Kier alpha value is -2.61. The first-order valence-electron chi connectivity index (χ1n) is 11.2. The zero-order valence-electron chi connectivity index (χ0n) is 18.7. The number of hydrogen-bond donors (Lipinski definition) is 0.